The number of sulfone groups is 1. The number of aliphatic hydroxyl groups is 2. The molecule has 0 saturated carbocycles. The van der Waals surface area contributed by atoms with Gasteiger partial charge in [-0.3, -0.25) is 4.90 Å². The molecule has 178 valence electrons. The zero-order chi connectivity index (χ0) is 24.2. The summed E-state index contributed by atoms with van der Waals surface area (Å²) < 4.78 is 34.6. The zero-order valence-electron chi connectivity index (χ0n) is 19.3. The van der Waals surface area contributed by atoms with E-state index in [1.807, 2.05) is 0 Å². The molecule has 0 aliphatic carbocycles. The number of aliphatic hydroxyl groups excluding tert-OH is 2. The summed E-state index contributed by atoms with van der Waals surface area (Å²) in [5.41, 5.74) is 1.53. The van der Waals surface area contributed by atoms with E-state index < -0.39 is 16.1 Å². The summed E-state index contributed by atoms with van der Waals surface area (Å²) in [4.78, 5) is 6.26. The van der Waals surface area contributed by atoms with Gasteiger partial charge < -0.3 is 19.7 Å². The third kappa shape index (κ3) is 5.31. The van der Waals surface area contributed by atoms with Crippen LogP contribution in [0.2, 0.25) is 0 Å². The Hall–Kier alpha value is -3.04. The van der Waals surface area contributed by atoms with E-state index in [9.17, 15) is 18.6 Å². The van der Waals surface area contributed by atoms with Crippen LogP contribution in [0.4, 0.5) is 5.69 Å². The number of hydrogen-bond donors (Lipinski definition) is 2. The average molecular weight is 475 g/mol. The van der Waals surface area contributed by atoms with E-state index in [1.54, 1.807) is 35.2 Å². The number of methoxy groups -OCH3 is 2. The van der Waals surface area contributed by atoms with Gasteiger partial charge in [-0.1, -0.05) is 31.5 Å². The maximum Gasteiger partial charge on any atom is 0.216 e. The Morgan fingerprint density at radius 2 is 1.67 bits per heavy atom. The Morgan fingerprint density at radius 3 is 2.18 bits per heavy atom. The second kappa shape index (κ2) is 10.3. The highest BCUT2D eigenvalue weighted by molar-refractivity contribution is 7.90. The Bertz CT molecular complexity index is 1130. The molecule has 2 aromatic carbocycles. The second-order valence-electron chi connectivity index (χ2n) is 7.83. The third-order valence-corrected chi connectivity index (χ3v) is 6.63. The molecule has 1 heterocycles. The first-order valence-corrected chi connectivity index (χ1v) is 12.6. The number of para-hydroxylation sites is 1. The van der Waals surface area contributed by atoms with Crippen LogP contribution in [0, 0.1) is 0 Å². The third-order valence-electron chi connectivity index (χ3n) is 5.50. The Morgan fingerprint density at radius 1 is 1.06 bits per heavy atom. The van der Waals surface area contributed by atoms with Gasteiger partial charge in [0.25, 0.3) is 0 Å². The summed E-state index contributed by atoms with van der Waals surface area (Å²) in [6, 6.07) is 11.7. The normalized spacial score (nSPS) is 16.6. The number of unbranched alkanes of at least 4 members (excludes halogenated alkanes) is 1. The molecule has 33 heavy (non-hydrogen) atoms. The van der Waals surface area contributed by atoms with Crippen LogP contribution in [0.3, 0.4) is 0 Å². The summed E-state index contributed by atoms with van der Waals surface area (Å²) >= 11 is 0. The molecule has 0 saturated heterocycles. The van der Waals surface area contributed by atoms with Crippen molar-refractivity contribution in [2.45, 2.75) is 43.7 Å². The van der Waals surface area contributed by atoms with Gasteiger partial charge in [0, 0.05) is 24.7 Å². The molecule has 1 aliphatic heterocycles. The van der Waals surface area contributed by atoms with E-state index in [0.29, 0.717) is 29.4 Å². The van der Waals surface area contributed by atoms with E-state index in [4.69, 9.17) is 9.47 Å². The van der Waals surface area contributed by atoms with Crippen molar-refractivity contribution in [1.82, 2.24) is 0 Å². The van der Waals surface area contributed by atoms with Crippen molar-refractivity contribution in [3.05, 3.63) is 59.5 Å². The molecule has 0 bridgehead atoms. The Balaban J connectivity index is 2.05. The van der Waals surface area contributed by atoms with E-state index >= 15 is 0 Å². The van der Waals surface area contributed by atoms with Crippen LogP contribution in [-0.2, 0) is 16.3 Å². The zero-order valence-corrected chi connectivity index (χ0v) is 20.1. The van der Waals surface area contributed by atoms with E-state index in [1.165, 1.54) is 26.4 Å². The lowest BCUT2D eigenvalue weighted by Gasteiger charge is -2.36. The number of anilines is 1. The number of benzene rings is 2. The Kier molecular flexibility index (Phi) is 7.65. The largest absolute Gasteiger partial charge is 0.494 e. The number of aliphatic imine (C=N–C) groups is 1. The molecule has 1 aliphatic rings. The van der Waals surface area contributed by atoms with Gasteiger partial charge in [-0.15, -0.1) is 0 Å². The highest BCUT2D eigenvalue weighted by Gasteiger charge is 2.35. The first-order chi connectivity index (χ1) is 15.7. The molecule has 0 spiro atoms. The van der Waals surface area contributed by atoms with Gasteiger partial charge in [0.1, 0.15) is 23.0 Å². The highest BCUT2D eigenvalue weighted by atomic mass is 32.2. The summed E-state index contributed by atoms with van der Waals surface area (Å²) in [5, 5.41) is 22.1. The lowest BCUT2D eigenvalue weighted by atomic mass is 10.0. The fraction of sp³-hybridized carbons (Fsp3) is 0.375. The van der Waals surface area contributed by atoms with Crippen molar-refractivity contribution in [2.24, 2.45) is 4.99 Å². The monoisotopic (exact) mass is 474 g/mol. The van der Waals surface area contributed by atoms with Gasteiger partial charge in [0.2, 0.25) is 5.88 Å². The molecule has 0 amide bonds. The molecule has 2 aromatic rings. The van der Waals surface area contributed by atoms with Crippen LogP contribution in [0.1, 0.15) is 31.7 Å². The number of nitrogens with zero attached hydrogens (tertiary/aromatic N) is 2. The standard InChI is InChI=1S/C24H30N2O6S/c1-5-6-10-21-25-23(27)18(15-16-11-13-17(14-12-16)33(4,29)30)24(28)26(21)22-19(31-2)8-7-9-20(22)32-3/h7-9,11-14,24,27-28H,5-6,10,15H2,1-4H3. The van der Waals surface area contributed by atoms with E-state index in [2.05, 4.69) is 11.9 Å². The first-order valence-electron chi connectivity index (χ1n) is 10.7. The summed E-state index contributed by atoms with van der Waals surface area (Å²) in [6.45, 7) is 2.05. The molecule has 0 aromatic heterocycles. The summed E-state index contributed by atoms with van der Waals surface area (Å²) in [6.07, 6.45) is 2.36. The lowest BCUT2D eigenvalue weighted by Crippen LogP contribution is -2.45. The molecular formula is C24H30N2O6S. The maximum atomic E-state index is 11.7. The minimum Gasteiger partial charge on any atom is -0.494 e. The predicted molar refractivity (Wildman–Crippen MR) is 128 cm³/mol. The van der Waals surface area contributed by atoms with Crippen LogP contribution in [-0.4, -0.2) is 51.2 Å². The Labute approximate surface area is 194 Å². The van der Waals surface area contributed by atoms with Crippen molar-refractivity contribution in [2.75, 3.05) is 25.4 Å². The van der Waals surface area contributed by atoms with Gasteiger partial charge in [-0.05, 0) is 36.2 Å². The molecule has 3 rings (SSSR count). The summed E-state index contributed by atoms with van der Waals surface area (Å²) in [5.74, 6) is 1.25. The molecule has 0 radical (unpaired) electrons. The van der Waals surface area contributed by atoms with Crippen LogP contribution < -0.4 is 14.4 Å². The number of amidine groups is 1. The van der Waals surface area contributed by atoms with Gasteiger partial charge >= 0.3 is 0 Å². The molecule has 8 nitrogen and oxygen atoms in total. The minimum absolute atomic E-state index is 0.176. The summed E-state index contributed by atoms with van der Waals surface area (Å²) in [7, 11) is -0.246. The van der Waals surface area contributed by atoms with Crippen molar-refractivity contribution >= 4 is 21.4 Å². The van der Waals surface area contributed by atoms with Crippen LogP contribution >= 0.6 is 0 Å². The fourth-order valence-electron chi connectivity index (χ4n) is 3.74. The first kappa shape index (κ1) is 24.6. The quantitative estimate of drug-likeness (QED) is 0.568. The molecular weight excluding hydrogens is 444 g/mol. The maximum absolute atomic E-state index is 11.7. The fourth-order valence-corrected chi connectivity index (χ4v) is 4.37. The smallest absolute Gasteiger partial charge is 0.216 e. The minimum atomic E-state index is -3.32. The topological polar surface area (TPSA) is 109 Å². The SMILES string of the molecule is CCCCC1=NC(O)=C(Cc2ccc(S(C)(=O)=O)cc2)C(O)N1c1c(OC)cccc1OC. The van der Waals surface area contributed by atoms with Gasteiger partial charge in [-0.25, -0.2) is 13.4 Å². The predicted octanol–water partition coefficient (Wildman–Crippen LogP) is 3.85. The van der Waals surface area contributed by atoms with Gasteiger partial charge in [-0.2, -0.15) is 0 Å². The van der Waals surface area contributed by atoms with Crippen molar-refractivity contribution < 1.29 is 28.1 Å². The highest BCUT2D eigenvalue weighted by Crippen LogP contribution is 2.42. The molecule has 2 N–H and O–H groups in total. The van der Waals surface area contributed by atoms with Crippen LogP contribution in [0.15, 0.2) is 63.8 Å². The van der Waals surface area contributed by atoms with E-state index in [-0.39, 0.29) is 22.8 Å². The molecule has 1 unspecified atom stereocenters. The molecule has 1 atom stereocenters. The average Bonchev–Trinajstić information content (AvgIpc) is 2.79. The van der Waals surface area contributed by atoms with Crippen molar-refractivity contribution in [3.8, 4) is 11.5 Å². The van der Waals surface area contributed by atoms with Crippen LogP contribution in [0.5, 0.6) is 11.5 Å². The van der Waals surface area contributed by atoms with Crippen molar-refractivity contribution in [3.63, 3.8) is 0 Å². The number of ether oxygens (including phenoxy) is 2. The molecule has 9 heteroatoms. The number of rotatable bonds is 9. The number of hydrogen-bond acceptors (Lipinski definition) is 8. The van der Waals surface area contributed by atoms with Crippen LogP contribution in [0.25, 0.3) is 0 Å². The van der Waals surface area contributed by atoms with Gasteiger partial charge in [0.05, 0.1) is 19.1 Å². The van der Waals surface area contributed by atoms with Gasteiger partial charge in [0.15, 0.2) is 16.1 Å². The second-order valence-corrected chi connectivity index (χ2v) is 9.84. The van der Waals surface area contributed by atoms with E-state index in [0.717, 1.165) is 24.7 Å². The lowest BCUT2D eigenvalue weighted by molar-refractivity contribution is 0.201. The van der Waals surface area contributed by atoms with Crippen molar-refractivity contribution in [1.29, 1.82) is 0 Å². The molecule has 0 fully saturated rings.